The van der Waals surface area contributed by atoms with E-state index in [-0.39, 0.29) is 17.2 Å². The van der Waals surface area contributed by atoms with Crippen molar-refractivity contribution in [1.82, 2.24) is 4.90 Å². The van der Waals surface area contributed by atoms with Crippen LogP contribution in [0.25, 0.3) is 0 Å². The van der Waals surface area contributed by atoms with E-state index in [0.29, 0.717) is 13.1 Å². The van der Waals surface area contributed by atoms with Gasteiger partial charge >= 0.3 is 5.97 Å². The lowest BCUT2D eigenvalue weighted by atomic mass is 9.90. The van der Waals surface area contributed by atoms with Crippen molar-refractivity contribution >= 4 is 11.9 Å². The SMILES string of the molecule is Cc1ccc(C)c(C(=O)N2CCC3(CC2)CC3C(=O)O)c1. The second kappa shape index (κ2) is 4.86. The number of amides is 1. The summed E-state index contributed by atoms with van der Waals surface area (Å²) in [5, 5.41) is 9.11. The molecule has 1 saturated carbocycles. The third kappa shape index (κ3) is 2.43. The molecule has 1 unspecified atom stereocenters. The Morgan fingerprint density at radius 1 is 1.24 bits per heavy atom. The Morgan fingerprint density at radius 2 is 1.90 bits per heavy atom. The lowest BCUT2D eigenvalue weighted by Crippen LogP contribution is -2.40. The summed E-state index contributed by atoms with van der Waals surface area (Å²) in [5.74, 6) is -0.779. The number of aryl methyl sites for hydroxylation is 2. The predicted octanol–water partition coefficient (Wildman–Crippen LogP) is 2.63. The first-order valence-electron chi connectivity index (χ1n) is 7.52. The van der Waals surface area contributed by atoms with Gasteiger partial charge in [0.1, 0.15) is 0 Å². The molecule has 1 saturated heterocycles. The number of carbonyl (C=O) groups is 2. The van der Waals surface area contributed by atoms with Crippen LogP contribution in [0.1, 0.15) is 40.7 Å². The third-order valence-corrected chi connectivity index (χ3v) is 5.16. The molecule has 112 valence electrons. The van der Waals surface area contributed by atoms with Crippen molar-refractivity contribution in [2.75, 3.05) is 13.1 Å². The molecule has 0 bridgehead atoms. The zero-order valence-corrected chi connectivity index (χ0v) is 12.6. The van der Waals surface area contributed by atoms with Crippen molar-refractivity contribution in [3.63, 3.8) is 0 Å². The molecule has 1 atom stereocenters. The quantitative estimate of drug-likeness (QED) is 0.909. The van der Waals surface area contributed by atoms with Gasteiger partial charge in [0.15, 0.2) is 0 Å². The average molecular weight is 287 g/mol. The maximum Gasteiger partial charge on any atom is 0.307 e. The van der Waals surface area contributed by atoms with Crippen LogP contribution in [-0.2, 0) is 4.79 Å². The fraction of sp³-hybridized carbons (Fsp3) is 0.529. The fourth-order valence-electron chi connectivity index (χ4n) is 3.54. The summed E-state index contributed by atoms with van der Waals surface area (Å²) in [6.45, 7) is 5.30. The molecule has 1 spiro atoms. The van der Waals surface area contributed by atoms with E-state index in [1.807, 2.05) is 36.9 Å². The van der Waals surface area contributed by atoms with E-state index in [2.05, 4.69) is 0 Å². The van der Waals surface area contributed by atoms with E-state index in [0.717, 1.165) is 36.0 Å². The minimum Gasteiger partial charge on any atom is -0.481 e. The number of carboxylic acids is 1. The molecule has 0 aromatic heterocycles. The van der Waals surface area contributed by atoms with Crippen molar-refractivity contribution in [2.45, 2.75) is 33.1 Å². The molecule has 3 rings (SSSR count). The molecule has 2 aliphatic rings. The van der Waals surface area contributed by atoms with Gasteiger partial charge in [-0.25, -0.2) is 0 Å². The van der Waals surface area contributed by atoms with Crippen LogP contribution in [0.2, 0.25) is 0 Å². The molecule has 2 fully saturated rings. The summed E-state index contributed by atoms with van der Waals surface area (Å²) < 4.78 is 0. The second-order valence-electron chi connectivity index (χ2n) is 6.57. The topological polar surface area (TPSA) is 57.6 Å². The summed E-state index contributed by atoms with van der Waals surface area (Å²) in [4.78, 5) is 25.6. The number of piperidine rings is 1. The molecular weight excluding hydrogens is 266 g/mol. The van der Waals surface area contributed by atoms with Crippen molar-refractivity contribution in [3.8, 4) is 0 Å². The van der Waals surface area contributed by atoms with Crippen molar-refractivity contribution in [1.29, 1.82) is 0 Å². The molecule has 4 nitrogen and oxygen atoms in total. The molecule has 4 heteroatoms. The minimum absolute atomic E-state index is 0.0235. The molecule has 1 aliphatic carbocycles. The highest BCUT2D eigenvalue weighted by atomic mass is 16.4. The van der Waals surface area contributed by atoms with Crippen LogP contribution < -0.4 is 0 Å². The zero-order chi connectivity index (χ0) is 15.2. The largest absolute Gasteiger partial charge is 0.481 e. The number of hydrogen-bond acceptors (Lipinski definition) is 2. The van der Waals surface area contributed by atoms with Crippen LogP contribution >= 0.6 is 0 Å². The first-order valence-corrected chi connectivity index (χ1v) is 7.52. The van der Waals surface area contributed by atoms with E-state index in [4.69, 9.17) is 5.11 Å². The predicted molar refractivity (Wildman–Crippen MR) is 79.2 cm³/mol. The number of benzene rings is 1. The molecular formula is C17H21NO3. The van der Waals surface area contributed by atoms with Crippen molar-refractivity contribution < 1.29 is 14.7 Å². The lowest BCUT2D eigenvalue weighted by Gasteiger charge is -2.33. The normalized spacial score (nSPS) is 23.1. The molecule has 0 radical (unpaired) electrons. The van der Waals surface area contributed by atoms with E-state index < -0.39 is 5.97 Å². The summed E-state index contributed by atoms with van der Waals surface area (Å²) in [6.07, 6.45) is 2.43. The van der Waals surface area contributed by atoms with Crippen LogP contribution in [0, 0.1) is 25.2 Å². The third-order valence-electron chi connectivity index (χ3n) is 5.16. The van der Waals surface area contributed by atoms with Gasteiger partial charge in [-0.2, -0.15) is 0 Å². The van der Waals surface area contributed by atoms with Gasteiger partial charge in [0.2, 0.25) is 0 Å². The van der Waals surface area contributed by atoms with Crippen LogP contribution in [0.4, 0.5) is 0 Å². The second-order valence-corrected chi connectivity index (χ2v) is 6.57. The van der Waals surface area contributed by atoms with Gasteiger partial charge in [0.25, 0.3) is 5.91 Å². The first kappa shape index (κ1) is 14.1. The number of hydrogen-bond donors (Lipinski definition) is 1. The van der Waals surface area contributed by atoms with Gasteiger partial charge in [-0.3, -0.25) is 9.59 Å². The van der Waals surface area contributed by atoms with Crippen LogP contribution in [0.3, 0.4) is 0 Å². The summed E-state index contributed by atoms with van der Waals surface area (Å²) in [7, 11) is 0. The maximum atomic E-state index is 12.6. The standard InChI is InChI=1S/C17H21NO3/c1-11-3-4-12(2)13(9-11)15(19)18-7-5-17(6-8-18)10-14(17)16(20)21/h3-4,9,14H,5-8,10H2,1-2H3,(H,20,21). The Morgan fingerprint density at radius 3 is 2.48 bits per heavy atom. The number of nitrogens with zero attached hydrogens (tertiary/aromatic N) is 1. The monoisotopic (exact) mass is 287 g/mol. The Kier molecular flexibility index (Phi) is 3.27. The van der Waals surface area contributed by atoms with E-state index in [1.54, 1.807) is 0 Å². The van der Waals surface area contributed by atoms with Crippen LogP contribution in [0.5, 0.6) is 0 Å². The molecule has 1 N–H and O–H groups in total. The molecule has 1 heterocycles. The van der Waals surface area contributed by atoms with Crippen molar-refractivity contribution in [3.05, 3.63) is 34.9 Å². The maximum absolute atomic E-state index is 12.6. The van der Waals surface area contributed by atoms with Crippen LogP contribution in [-0.4, -0.2) is 35.0 Å². The lowest BCUT2D eigenvalue weighted by molar-refractivity contribution is -0.139. The number of likely N-dealkylation sites (tertiary alicyclic amines) is 1. The van der Waals surface area contributed by atoms with Gasteiger partial charge in [0.05, 0.1) is 5.92 Å². The average Bonchev–Trinajstić information content (AvgIpc) is 3.16. The van der Waals surface area contributed by atoms with Gasteiger partial charge in [-0.15, -0.1) is 0 Å². The molecule has 1 aromatic rings. The van der Waals surface area contributed by atoms with Gasteiger partial charge in [0, 0.05) is 18.7 Å². The van der Waals surface area contributed by atoms with Crippen LogP contribution in [0.15, 0.2) is 18.2 Å². The van der Waals surface area contributed by atoms with E-state index in [1.165, 1.54) is 0 Å². The smallest absolute Gasteiger partial charge is 0.307 e. The highest BCUT2D eigenvalue weighted by molar-refractivity contribution is 5.96. The summed E-state index contributed by atoms with van der Waals surface area (Å²) in [6, 6.07) is 5.94. The summed E-state index contributed by atoms with van der Waals surface area (Å²) >= 11 is 0. The molecule has 1 aromatic carbocycles. The number of rotatable bonds is 2. The first-order chi connectivity index (χ1) is 9.93. The number of carbonyl (C=O) groups excluding carboxylic acids is 1. The van der Waals surface area contributed by atoms with Gasteiger partial charge < -0.3 is 10.0 Å². The van der Waals surface area contributed by atoms with Crippen molar-refractivity contribution in [2.24, 2.45) is 11.3 Å². The van der Waals surface area contributed by atoms with E-state index in [9.17, 15) is 9.59 Å². The highest BCUT2D eigenvalue weighted by Crippen LogP contribution is 2.59. The number of aliphatic carboxylic acids is 1. The van der Waals surface area contributed by atoms with E-state index >= 15 is 0 Å². The molecule has 21 heavy (non-hydrogen) atoms. The molecule has 1 aliphatic heterocycles. The number of carboxylic acid groups (broad SMARTS) is 1. The molecule has 1 amide bonds. The highest BCUT2D eigenvalue weighted by Gasteiger charge is 2.59. The minimum atomic E-state index is -0.677. The Bertz CT molecular complexity index is 600. The Hall–Kier alpha value is -1.84. The summed E-state index contributed by atoms with van der Waals surface area (Å²) in [5.41, 5.74) is 2.84. The van der Waals surface area contributed by atoms with Gasteiger partial charge in [-0.1, -0.05) is 17.7 Å². The Labute approximate surface area is 124 Å². The Balaban J connectivity index is 1.69. The van der Waals surface area contributed by atoms with Gasteiger partial charge in [-0.05, 0) is 50.2 Å². The zero-order valence-electron chi connectivity index (χ0n) is 12.6. The fourth-order valence-corrected chi connectivity index (χ4v) is 3.54.